The highest BCUT2D eigenvalue weighted by molar-refractivity contribution is 6.07. The first kappa shape index (κ1) is 12.1. The summed E-state index contributed by atoms with van der Waals surface area (Å²) in [6.07, 6.45) is 0. The maximum atomic E-state index is 12.0. The van der Waals surface area contributed by atoms with Crippen molar-refractivity contribution in [1.82, 2.24) is 0 Å². The third-order valence-corrected chi connectivity index (χ3v) is 2.64. The van der Waals surface area contributed by atoms with Gasteiger partial charge in [-0.15, -0.1) is 0 Å². The molecule has 0 bridgehead atoms. The quantitative estimate of drug-likeness (QED) is 0.721. The Hall–Kier alpha value is -2.33. The van der Waals surface area contributed by atoms with Crippen LogP contribution >= 0.6 is 0 Å². The molecule has 2 aromatic rings. The van der Waals surface area contributed by atoms with Gasteiger partial charge in [0.05, 0.1) is 12.2 Å². The molecule has 0 unspecified atom stereocenters. The van der Waals surface area contributed by atoms with Gasteiger partial charge in [-0.25, -0.2) is 0 Å². The number of rotatable bonds is 3. The van der Waals surface area contributed by atoms with E-state index in [0.29, 0.717) is 22.5 Å². The second-order valence-corrected chi connectivity index (χ2v) is 3.86. The predicted molar refractivity (Wildman–Crippen MR) is 71.2 cm³/mol. The molecule has 4 N–H and O–H groups in total. The molecule has 0 aliphatic heterocycles. The van der Waals surface area contributed by atoms with Gasteiger partial charge < -0.3 is 16.2 Å². The summed E-state index contributed by atoms with van der Waals surface area (Å²) in [6.45, 7) is -0.124. The largest absolute Gasteiger partial charge is 0.398 e. The van der Waals surface area contributed by atoms with Gasteiger partial charge in [-0.1, -0.05) is 30.3 Å². The molecule has 0 saturated carbocycles. The number of benzene rings is 2. The molecule has 0 aliphatic carbocycles. The molecule has 1 amide bonds. The first-order chi connectivity index (χ1) is 8.72. The molecule has 0 radical (unpaired) electrons. The van der Waals surface area contributed by atoms with Crippen molar-refractivity contribution in [1.29, 1.82) is 0 Å². The second kappa shape index (κ2) is 5.33. The van der Waals surface area contributed by atoms with E-state index in [0.717, 1.165) is 0 Å². The summed E-state index contributed by atoms with van der Waals surface area (Å²) in [5, 5.41) is 11.9. The minimum Gasteiger partial charge on any atom is -0.398 e. The summed E-state index contributed by atoms with van der Waals surface area (Å²) in [6, 6.07) is 13.9. The number of nitrogen functional groups attached to an aromatic ring is 1. The average Bonchev–Trinajstić information content (AvgIpc) is 2.39. The first-order valence-electron chi connectivity index (χ1n) is 5.57. The molecule has 0 fully saturated rings. The molecule has 0 atom stereocenters. The van der Waals surface area contributed by atoms with Crippen LogP contribution in [0.25, 0.3) is 0 Å². The minimum atomic E-state index is -0.283. The van der Waals surface area contributed by atoms with Gasteiger partial charge in [-0.2, -0.15) is 0 Å². The maximum absolute atomic E-state index is 12.0. The molecule has 0 aromatic heterocycles. The fraction of sp³-hybridized carbons (Fsp3) is 0.0714. The maximum Gasteiger partial charge on any atom is 0.257 e. The molecule has 2 rings (SSSR count). The van der Waals surface area contributed by atoms with E-state index in [4.69, 9.17) is 5.73 Å². The minimum absolute atomic E-state index is 0.124. The number of amides is 1. The molecule has 2 aromatic carbocycles. The molecule has 18 heavy (non-hydrogen) atoms. The SMILES string of the molecule is Nc1ccccc1C(=O)Nc1ccccc1CO. The number of hydrogen-bond donors (Lipinski definition) is 3. The highest BCUT2D eigenvalue weighted by atomic mass is 16.3. The number of para-hydroxylation sites is 2. The zero-order chi connectivity index (χ0) is 13.0. The van der Waals surface area contributed by atoms with Crippen LogP contribution in [0.3, 0.4) is 0 Å². The van der Waals surface area contributed by atoms with Gasteiger partial charge in [0, 0.05) is 16.9 Å². The molecule has 4 heteroatoms. The normalized spacial score (nSPS) is 10.1. The molecule has 0 aliphatic rings. The van der Waals surface area contributed by atoms with Crippen molar-refractivity contribution in [3.63, 3.8) is 0 Å². The Morgan fingerprint density at radius 1 is 1.11 bits per heavy atom. The highest BCUT2D eigenvalue weighted by Gasteiger charge is 2.10. The third kappa shape index (κ3) is 2.49. The number of anilines is 2. The topological polar surface area (TPSA) is 75.4 Å². The van der Waals surface area contributed by atoms with Gasteiger partial charge in [0.15, 0.2) is 0 Å². The number of carbonyl (C=O) groups is 1. The monoisotopic (exact) mass is 242 g/mol. The summed E-state index contributed by atoms with van der Waals surface area (Å²) in [7, 11) is 0. The first-order valence-corrected chi connectivity index (χ1v) is 5.57. The number of hydrogen-bond acceptors (Lipinski definition) is 3. The number of aliphatic hydroxyl groups is 1. The van der Waals surface area contributed by atoms with Crippen LogP contribution in [0.15, 0.2) is 48.5 Å². The fourth-order valence-corrected chi connectivity index (χ4v) is 1.67. The Morgan fingerprint density at radius 3 is 2.50 bits per heavy atom. The molecule has 0 saturated heterocycles. The van der Waals surface area contributed by atoms with Crippen molar-refractivity contribution in [2.45, 2.75) is 6.61 Å². The Labute approximate surface area is 105 Å². The molecule has 4 nitrogen and oxygen atoms in total. The van der Waals surface area contributed by atoms with Crippen LogP contribution in [0, 0.1) is 0 Å². The Kier molecular flexibility index (Phi) is 3.60. The second-order valence-electron chi connectivity index (χ2n) is 3.86. The molecule has 92 valence electrons. The summed E-state index contributed by atoms with van der Waals surface area (Å²) in [5.74, 6) is -0.283. The number of nitrogens with two attached hydrogens (primary N) is 1. The molecule has 0 spiro atoms. The van der Waals surface area contributed by atoms with Crippen molar-refractivity contribution in [3.8, 4) is 0 Å². The van der Waals surface area contributed by atoms with Crippen molar-refractivity contribution in [3.05, 3.63) is 59.7 Å². The number of aliphatic hydroxyl groups excluding tert-OH is 1. The molecule has 0 heterocycles. The van der Waals surface area contributed by atoms with Crippen molar-refractivity contribution >= 4 is 17.3 Å². The van der Waals surface area contributed by atoms with Crippen LogP contribution in [0.5, 0.6) is 0 Å². The summed E-state index contributed by atoms with van der Waals surface area (Å²) in [5.41, 5.74) is 7.84. The van der Waals surface area contributed by atoms with Gasteiger partial charge in [-0.05, 0) is 18.2 Å². The number of nitrogens with one attached hydrogen (secondary N) is 1. The van der Waals surface area contributed by atoms with Crippen LogP contribution < -0.4 is 11.1 Å². The van der Waals surface area contributed by atoms with E-state index < -0.39 is 0 Å². The van der Waals surface area contributed by atoms with Gasteiger partial charge in [0.2, 0.25) is 0 Å². The predicted octanol–water partition coefficient (Wildman–Crippen LogP) is 2.01. The highest BCUT2D eigenvalue weighted by Crippen LogP contribution is 2.18. The van der Waals surface area contributed by atoms with Crippen molar-refractivity contribution in [2.75, 3.05) is 11.1 Å². The van der Waals surface area contributed by atoms with Gasteiger partial charge >= 0.3 is 0 Å². The van der Waals surface area contributed by atoms with Crippen molar-refractivity contribution in [2.24, 2.45) is 0 Å². The van der Waals surface area contributed by atoms with Crippen LogP contribution in [0.1, 0.15) is 15.9 Å². The number of carbonyl (C=O) groups excluding carboxylic acids is 1. The van der Waals surface area contributed by atoms with Crippen LogP contribution in [-0.2, 0) is 6.61 Å². The average molecular weight is 242 g/mol. The third-order valence-electron chi connectivity index (χ3n) is 2.64. The smallest absolute Gasteiger partial charge is 0.257 e. The van der Waals surface area contributed by atoms with Crippen LogP contribution in [-0.4, -0.2) is 11.0 Å². The van der Waals surface area contributed by atoms with E-state index in [-0.39, 0.29) is 12.5 Å². The molecular formula is C14H14N2O2. The van der Waals surface area contributed by atoms with E-state index in [1.54, 1.807) is 48.5 Å². The lowest BCUT2D eigenvalue weighted by Crippen LogP contribution is -2.15. The van der Waals surface area contributed by atoms with Crippen LogP contribution in [0.2, 0.25) is 0 Å². The zero-order valence-corrected chi connectivity index (χ0v) is 9.76. The summed E-state index contributed by atoms with van der Waals surface area (Å²) in [4.78, 5) is 12.0. The zero-order valence-electron chi connectivity index (χ0n) is 9.76. The Balaban J connectivity index is 2.24. The van der Waals surface area contributed by atoms with Gasteiger partial charge in [0.25, 0.3) is 5.91 Å². The van der Waals surface area contributed by atoms with E-state index in [1.165, 1.54) is 0 Å². The lowest BCUT2D eigenvalue weighted by molar-refractivity contribution is 0.102. The summed E-state index contributed by atoms with van der Waals surface area (Å²) >= 11 is 0. The van der Waals surface area contributed by atoms with Gasteiger partial charge in [-0.3, -0.25) is 4.79 Å². The molecular weight excluding hydrogens is 228 g/mol. The lowest BCUT2D eigenvalue weighted by atomic mass is 10.1. The fourth-order valence-electron chi connectivity index (χ4n) is 1.67. The van der Waals surface area contributed by atoms with E-state index in [9.17, 15) is 9.90 Å². The standard InChI is InChI=1S/C14H14N2O2/c15-12-7-3-2-6-11(12)14(18)16-13-8-4-1-5-10(13)9-17/h1-8,17H,9,15H2,(H,16,18). The van der Waals surface area contributed by atoms with E-state index in [1.807, 2.05) is 0 Å². The Morgan fingerprint density at radius 2 is 1.78 bits per heavy atom. The lowest BCUT2D eigenvalue weighted by Gasteiger charge is -2.10. The van der Waals surface area contributed by atoms with E-state index >= 15 is 0 Å². The van der Waals surface area contributed by atoms with Crippen LogP contribution in [0.4, 0.5) is 11.4 Å². The van der Waals surface area contributed by atoms with Crippen molar-refractivity contribution < 1.29 is 9.90 Å². The van der Waals surface area contributed by atoms with Gasteiger partial charge in [0.1, 0.15) is 0 Å². The van der Waals surface area contributed by atoms with E-state index in [2.05, 4.69) is 5.32 Å². The Bertz CT molecular complexity index is 567. The summed E-state index contributed by atoms with van der Waals surface area (Å²) < 4.78 is 0.